The number of carbonyl (C=O) groups is 2. The summed E-state index contributed by atoms with van der Waals surface area (Å²) < 4.78 is 7.81. The smallest absolute Gasteiger partial charge is 0.276 e. The summed E-state index contributed by atoms with van der Waals surface area (Å²) in [7, 11) is 0. The van der Waals surface area contributed by atoms with Gasteiger partial charge in [0, 0.05) is 31.6 Å². The highest BCUT2D eigenvalue weighted by atomic mass is 32.1. The lowest BCUT2D eigenvalue weighted by Crippen LogP contribution is -2.50. The van der Waals surface area contributed by atoms with Gasteiger partial charge in [-0.3, -0.25) is 9.59 Å². The molecule has 1 aromatic carbocycles. The number of benzene rings is 1. The maximum absolute atomic E-state index is 13.1. The normalized spacial score (nSPS) is 18.7. The van der Waals surface area contributed by atoms with E-state index in [4.69, 9.17) is 4.74 Å². The van der Waals surface area contributed by atoms with E-state index >= 15 is 0 Å². The number of amides is 2. The van der Waals surface area contributed by atoms with Crippen LogP contribution in [0.1, 0.15) is 43.8 Å². The third-order valence-corrected chi connectivity index (χ3v) is 6.55. The van der Waals surface area contributed by atoms with Crippen molar-refractivity contribution in [1.82, 2.24) is 24.8 Å². The van der Waals surface area contributed by atoms with Gasteiger partial charge in [0.2, 0.25) is 0 Å². The molecular weight excluding hydrogens is 414 g/mol. The lowest BCUT2D eigenvalue weighted by molar-refractivity contribution is -0.00203. The minimum atomic E-state index is -0.152. The number of nitrogens with zero attached hydrogens (tertiary/aromatic N) is 5. The molecule has 2 aliphatic rings. The monoisotopic (exact) mass is 437 g/mol. The van der Waals surface area contributed by atoms with E-state index in [-0.39, 0.29) is 17.9 Å². The molecule has 3 aromatic rings. The maximum Gasteiger partial charge on any atom is 0.276 e. The Morgan fingerprint density at radius 3 is 2.42 bits per heavy atom. The van der Waals surface area contributed by atoms with Crippen molar-refractivity contribution >= 4 is 23.2 Å². The molecule has 31 heavy (non-hydrogen) atoms. The molecular formula is C22H23N5O3S. The number of rotatable bonds is 3. The Kier molecular flexibility index (Phi) is 5.29. The van der Waals surface area contributed by atoms with Gasteiger partial charge in [-0.05, 0) is 23.9 Å². The number of carbonyl (C=O) groups excluding carboxylic acids is 2. The van der Waals surface area contributed by atoms with Crippen LogP contribution in [-0.4, -0.2) is 62.8 Å². The fourth-order valence-corrected chi connectivity index (χ4v) is 4.62. The third kappa shape index (κ3) is 3.86. The first-order valence-corrected chi connectivity index (χ1v) is 11.3. The van der Waals surface area contributed by atoms with Crippen LogP contribution in [0, 0.1) is 6.92 Å². The molecule has 1 atom stereocenters. The van der Waals surface area contributed by atoms with Gasteiger partial charge in [-0.1, -0.05) is 35.0 Å². The number of hydrogen-bond acceptors (Lipinski definition) is 6. The standard InChI is InChI=1S/C22H23N5O3S/c1-15-2-4-16(5-3-15)19-12-27-18(13-30-19)20(23-24-27)22(29)26-9-7-25(8-10-26)21(28)17-6-11-31-14-17/h2-6,11,14,19H,7-10,12-13H2,1H3. The van der Waals surface area contributed by atoms with Crippen LogP contribution in [-0.2, 0) is 17.9 Å². The van der Waals surface area contributed by atoms with Gasteiger partial charge in [0.15, 0.2) is 5.69 Å². The van der Waals surface area contributed by atoms with Gasteiger partial charge in [0.05, 0.1) is 24.4 Å². The van der Waals surface area contributed by atoms with Gasteiger partial charge in [-0.2, -0.15) is 11.3 Å². The van der Waals surface area contributed by atoms with Gasteiger partial charge >= 0.3 is 0 Å². The van der Waals surface area contributed by atoms with Gasteiger partial charge in [-0.25, -0.2) is 4.68 Å². The SMILES string of the molecule is Cc1ccc(C2Cn3nnc(C(=O)N4CCN(C(=O)c5ccsc5)CC4)c3CO2)cc1. The highest BCUT2D eigenvalue weighted by Crippen LogP contribution is 2.27. The Bertz CT molecular complexity index is 1090. The van der Waals surface area contributed by atoms with Gasteiger partial charge in [0.25, 0.3) is 11.8 Å². The molecule has 2 amide bonds. The summed E-state index contributed by atoms with van der Waals surface area (Å²) in [5, 5.41) is 12.1. The molecule has 8 nitrogen and oxygen atoms in total. The van der Waals surface area contributed by atoms with Crippen LogP contribution in [0.15, 0.2) is 41.1 Å². The summed E-state index contributed by atoms with van der Waals surface area (Å²) in [6.45, 7) is 4.86. The van der Waals surface area contributed by atoms with E-state index in [1.165, 1.54) is 16.9 Å². The number of fused-ring (bicyclic) bond motifs is 1. The number of hydrogen-bond donors (Lipinski definition) is 0. The van der Waals surface area contributed by atoms with E-state index in [0.29, 0.717) is 56.3 Å². The largest absolute Gasteiger partial charge is 0.365 e. The van der Waals surface area contributed by atoms with E-state index in [1.54, 1.807) is 14.5 Å². The third-order valence-electron chi connectivity index (χ3n) is 5.87. The van der Waals surface area contributed by atoms with E-state index in [1.807, 2.05) is 16.8 Å². The number of thiophene rings is 1. The number of piperazine rings is 1. The van der Waals surface area contributed by atoms with Crippen molar-refractivity contribution in [3.8, 4) is 0 Å². The molecule has 160 valence electrons. The van der Waals surface area contributed by atoms with Crippen LogP contribution >= 0.6 is 11.3 Å². The first-order valence-electron chi connectivity index (χ1n) is 10.3. The van der Waals surface area contributed by atoms with Crippen LogP contribution in [0.2, 0.25) is 0 Å². The summed E-state index contributed by atoms with van der Waals surface area (Å²) in [6.07, 6.45) is -0.107. The topological polar surface area (TPSA) is 80.6 Å². The minimum absolute atomic E-state index is 0.0185. The Balaban J connectivity index is 1.24. The molecule has 2 aliphatic heterocycles. The minimum Gasteiger partial charge on any atom is -0.365 e. The average Bonchev–Trinajstić information content (AvgIpc) is 3.49. The molecule has 1 unspecified atom stereocenters. The first kappa shape index (κ1) is 19.9. The fraction of sp³-hybridized carbons (Fsp3) is 0.364. The highest BCUT2D eigenvalue weighted by molar-refractivity contribution is 7.08. The second kappa shape index (κ2) is 8.24. The molecule has 0 bridgehead atoms. The number of ether oxygens (including phenoxy) is 1. The predicted molar refractivity (Wildman–Crippen MR) is 115 cm³/mol. The van der Waals surface area contributed by atoms with Crippen LogP contribution in [0.4, 0.5) is 0 Å². The second-order valence-corrected chi connectivity index (χ2v) is 8.65. The van der Waals surface area contributed by atoms with Crippen molar-refractivity contribution in [2.45, 2.75) is 26.2 Å². The van der Waals surface area contributed by atoms with Crippen LogP contribution in [0.5, 0.6) is 0 Å². The van der Waals surface area contributed by atoms with Gasteiger partial charge in [0.1, 0.15) is 6.10 Å². The van der Waals surface area contributed by atoms with Gasteiger partial charge in [-0.15, -0.1) is 5.10 Å². The number of aryl methyl sites for hydroxylation is 1. The maximum atomic E-state index is 13.1. The predicted octanol–water partition coefficient (Wildman–Crippen LogP) is 2.52. The van der Waals surface area contributed by atoms with Crippen LogP contribution in [0.3, 0.4) is 0 Å². The first-order chi connectivity index (χ1) is 15.1. The second-order valence-electron chi connectivity index (χ2n) is 7.87. The molecule has 4 heterocycles. The summed E-state index contributed by atoms with van der Waals surface area (Å²) in [5.74, 6) is -0.133. The zero-order valence-electron chi connectivity index (χ0n) is 17.2. The van der Waals surface area contributed by atoms with Crippen molar-refractivity contribution in [3.05, 3.63) is 69.2 Å². The summed E-state index contributed by atoms with van der Waals surface area (Å²) >= 11 is 1.51. The van der Waals surface area contributed by atoms with Crippen molar-refractivity contribution in [1.29, 1.82) is 0 Å². The molecule has 1 saturated heterocycles. The number of aromatic nitrogens is 3. The summed E-state index contributed by atoms with van der Waals surface area (Å²) in [4.78, 5) is 29.1. The zero-order chi connectivity index (χ0) is 21.4. The molecule has 0 saturated carbocycles. The Hall–Kier alpha value is -3.04. The molecule has 0 aliphatic carbocycles. The van der Waals surface area contributed by atoms with Gasteiger partial charge < -0.3 is 14.5 Å². The Morgan fingerprint density at radius 2 is 1.74 bits per heavy atom. The molecule has 0 N–H and O–H groups in total. The van der Waals surface area contributed by atoms with E-state index in [0.717, 1.165) is 5.56 Å². The van der Waals surface area contributed by atoms with Crippen molar-refractivity contribution in [2.75, 3.05) is 26.2 Å². The Labute approximate surface area is 184 Å². The summed E-state index contributed by atoms with van der Waals surface area (Å²) in [5.41, 5.74) is 4.06. The molecule has 1 fully saturated rings. The molecule has 0 radical (unpaired) electrons. The van der Waals surface area contributed by atoms with Crippen LogP contribution < -0.4 is 0 Å². The lowest BCUT2D eigenvalue weighted by atomic mass is 10.1. The van der Waals surface area contributed by atoms with Crippen LogP contribution in [0.25, 0.3) is 0 Å². The fourth-order valence-electron chi connectivity index (χ4n) is 3.99. The molecule has 9 heteroatoms. The lowest BCUT2D eigenvalue weighted by Gasteiger charge is -2.34. The average molecular weight is 438 g/mol. The van der Waals surface area contributed by atoms with E-state index < -0.39 is 0 Å². The van der Waals surface area contributed by atoms with E-state index in [2.05, 4.69) is 41.5 Å². The van der Waals surface area contributed by atoms with Crippen molar-refractivity contribution in [3.63, 3.8) is 0 Å². The summed E-state index contributed by atoms with van der Waals surface area (Å²) in [6, 6.07) is 10.1. The molecule has 2 aromatic heterocycles. The van der Waals surface area contributed by atoms with E-state index in [9.17, 15) is 9.59 Å². The Morgan fingerprint density at radius 1 is 1.03 bits per heavy atom. The van der Waals surface area contributed by atoms with Crippen molar-refractivity contribution in [2.24, 2.45) is 0 Å². The molecule has 5 rings (SSSR count). The highest BCUT2D eigenvalue weighted by Gasteiger charge is 2.32. The zero-order valence-corrected chi connectivity index (χ0v) is 18.0. The van der Waals surface area contributed by atoms with Crippen molar-refractivity contribution < 1.29 is 14.3 Å². The quantitative estimate of drug-likeness (QED) is 0.629. The molecule has 0 spiro atoms.